The maximum absolute atomic E-state index is 12.7. The van der Waals surface area contributed by atoms with Crippen molar-refractivity contribution in [1.82, 2.24) is 0 Å². The first kappa shape index (κ1) is 53.5. The maximum Gasteiger partial charge on any atom is 0.306 e. The van der Waals surface area contributed by atoms with Crippen molar-refractivity contribution < 1.29 is 42.1 Å². The van der Waals surface area contributed by atoms with E-state index in [1.54, 1.807) is 0 Å². The zero-order chi connectivity index (χ0) is 41.4. The normalized spacial score (nSPS) is 14.3. The first-order chi connectivity index (χ1) is 27.0. The summed E-state index contributed by atoms with van der Waals surface area (Å²) in [5.41, 5.74) is 0. The number of nitrogens with zero attached hydrogens (tertiary/aromatic N) is 1. The Labute approximate surface area is 342 Å². The van der Waals surface area contributed by atoms with Gasteiger partial charge in [0.25, 0.3) is 7.82 Å². The lowest BCUT2D eigenvalue weighted by Crippen LogP contribution is -2.37. The van der Waals surface area contributed by atoms with E-state index in [0.29, 0.717) is 23.9 Å². The topological polar surface area (TPSA) is 111 Å². The number of quaternary nitrogens is 1. The van der Waals surface area contributed by atoms with Crippen molar-refractivity contribution in [3.63, 3.8) is 0 Å². The minimum Gasteiger partial charge on any atom is -0.756 e. The summed E-state index contributed by atoms with van der Waals surface area (Å²) in [6.45, 7) is 4.01. The van der Waals surface area contributed by atoms with Crippen molar-refractivity contribution in [1.29, 1.82) is 0 Å². The Morgan fingerprint density at radius 3 is 1.57 bits per heavy atom. The van der Waals surface area contributed by atoms with E-state index in [0.717, 1.165) is 77.0 Å². The van der Waals surface area contributed by atoms with Crippen molar-refractivity contribution in [2.45, 2.75) is 161 Å². The van der Waals surface area contributed by atoms with Gasteiger partial charge < -0.3 is 27.9 Å². The van der Waals surface area contributed by atoms with Gasteiger partial charge in [0.2, 0.25) is 0 Å². The third kappa shape index (κ3) is 41.1. The molecule has 0 fully saturated rings. The van der Waals surface area contributed by atoms with Gasteiger partial charge >= 0.3 is 11.9 Å². The Morgan fingerprint density at radius 1 is 0.571 bits per heavy atom. The smallest absolute Gasteiger partial charge is 0.306 e. The van der Waals surface area contributed by atoms with Crippen LogP contribution in [0.3, 0.4) is 0 Å². The second-order valence-electron chi connectivity index (χ2n) is 15.3. The van der Waals surface area contributed by atoms with E-state index in [4.69, 9.17) is 18.5 Å². The van der Waals surface area contributed by atoms with E-state index in [1.807, 2.05) is 21.1 Å². The molecule has 0 aromatic carbocycles. The Hall–Kier alpha value is -2.55. The molecule has 0 aliphatic rings. The quantitative estimate of drug-likeness (QED) is 0.0199. The predicted molar refractivity (Wildman–Crippen MR) is 231 cm³/mol. The second kappa shape index (κ2) is 38.0. The summed E-state index contributed by atoms with van der Waals surface area (Å²) in [4.78, 5) is 37.5. The number of likely N-dealkylation sites (N-methyl/N-ethyl adjacent to an activating group) is 1. The van der Waals surface area contributed by atoms with Crippen LogP contribution in [0, 0.1) is 0 Å². The fourth-order valence-corrected chi connectivity index (χ4v) is 6.06. The highest BCUT2D eigenvalue weighted by Crippen LogP contribution is 2.38. The number of ether oxygens (including phenoxy) is 2. The highest BCUT2D eigenvalue weighted by molar-refractivity contribution is 7.45. The van der Waals surface area contributed by atoms with Gasteiger partial charge in [-0.1, -0.05) is 138 Å². The van der Waals surface area contributed by atoms with Crippen molar-refractivity contribution in [2.24, 2.45) is 0 Å². The number of rotatable bonds is 38. The molecule has 0 aliphatic heterocycles. The average molecular weight is 806 g/mol. The molecule has 0 heterocycles. The zero-order valence-corrected chi connectivity index (χ0v) is 36.9. The van der Waals surface area contributed by atoms with E-state index in [-0.39, 0.29) is 26.1 Å². The molecule has 0 saturated heterocycles. The second-order valence-corrected chi connectivity index (χ2v) is 16.7. The summed E-state index contributed by atoms with van der Waals surface area (Å²) in [6, 6.07) is 0. The molecule has 0 rings (SSSR count). The molecule has 56 heavy (non-hydrogen) atoms. The highest BCUT2D eigenvalue weighted by Gasteiger charge is 2.21. The molecule has 0 spiro atoms. The van der Waals surface area contributed by atoms with Gasteiger partial charge in [-0.15, -0.1) is 0 Å². The van der Waals surface area contributed by atoms with E-state index < -0.39 is 32.5 Å². The molecule has 0 saturated carbocycles. The first-order valence-electron chi connectivity index (χ1n) is 21.6. The van der Waals surface area contributed by atoms with Crippen molar-refractivity contribution >= 4 is 19.8 Å². The van der Waals surface area contributed by atoms with E-state index >= 15 is 0 Å². The molecule has 0 amide bonds. The summed E-state index contributed by atoms with van der Waals surface area (Å²) in [5.74, 6) is -0.923. The van der Waals surface area contributed by atoms with Gasteiger partial charge in [-0.05, 0) is 77.0 Å². The minimum absolute atomic E-state index is 0.0457. The van der Waals surface area contributed by atoms with Gasteiger partial charge in [0.1, 0.15) is 19.8 Å². The largest absolute Gasteiger partial charge is 0.756 e. The lowest BCUT2D eigenvalue weighted by molar-refractivity contribution is -0.870. The summed E-state index contributed by atoms with van der Waals surface area (Å²) in [7, 11) is 1.11. The average Bonchev–Trinajstić information content (AvgIpc) is 3.15. The van der Waals surface area contributed by atoms with E-state index in [2.05, 4.69) is 86.8 Å². The van der Waals surface area contributed by atoms with Crippen LogP contribution in [0.15, 0.2) is 72.9 Å². The van der Waals surface area contributed by atoms with Crippen LogP contribution < -0.4 is 4.89 Å². The Kier molecular flexibility index (Phi) is 36.3. The van der Waals surface area contributed by atoms with Gasteiger partial charge in [0, 0.05) is 12.8 Å². The number of allylic oxidation sites excluding steroid dienone is 12. The van der Waals surface area contributed by atoms with Gasteiger partial charge in [0.05, 0.1) is 27.7 Å². The lowest BCUT2D eigenvalue weighted by atomic mass is 10.1. The van der Waals surface area contributed by atoms with Crippen molar-refractivity contribution in [3.05, 3.63) is 72.9 Å². The lowest BCUT2D eigenvalue weighted by Gasteiger charge is -2.28. The zero-order valence-electron chi connectivity index (χ0n) is 36.1. The Balaban J connectivity index is 4.49. The molecule has 322 valence electrons. The Bertz CT molecular complexity index is 1180. The molecule has 10 heteroatoms. The third-order valence-corrected chi connectivity index (χ3v) is 9.67. The summed E-state index contributed by atoms with van der Waals surface area (Å²) in [5, 5.41) is 0. The van der Waals surface area contributed by atoms with Crippen LogP contribution in [0.4, 0.5) is 0 Å². The minimum atomic E-state index is -4.64. The van der Waals surface area contributed by atoms with Gasteiger partial charge in [-0.25, -0.2) is 0 Å². The van der Waals surface area contributed by atoms with Crippen molar-refractivity contribution in [2.75, 3.05) is 47.5 Å². The molecule has 0 aromatic heterocycles. The number of esters is 2. The van der Waals surface area contributed by atoms with Crippen LogP contribution in [0.25, 0.3) is 0 Å². The monoisotopic (exact) mass is 806 g/mol. The molecule has 0 bridgehead atoms. The van der Waals surface area contributed by atoms with Crippen LogP contribution in [0.1, 0.15) is 155 Å². The van der Waals surface area contributed by atoms with E-state index in [9.17, 15) is 19.0 Å². The summed E-state index contributed by atoms with van der Waals surface area (Å²) in [6.07, 6.45) is 46.5. The number of carbonyl (C=O) groups excluding carboxylic acids is 2. The number of hydrogen-bond acceptors (Lipinski definition) is 8. The fraction of sp³-hybridized carbons (Fsp3) is 0.696. The van der Waals surface area contributed by atoms with Crippen LogP contribution in [-0.2, 0) is 32.7 Å². The van der Waals surface area contributed by atoms with E-state index in [1.165, 1.54) is 38.5 Å². The molecular weight excluding hydrogens is 725 g/mol. The van der Waals surface area contributed by atoms with Gasteiger partial charge in [-0.2, -0.15) is 0 Å². The molecular formula is C46H80NO8P. The summed E-state index contributed by atoms with van der Waals surface area (Å²) < 4.78 is 33.8. The SMILES string of the molecule is CC/C=C/C/C=C/C/C=C/CCCCCCCC(=O)O[C@H](COC(=O)CCC/C=C/C/C=C/C/C=C/CCCCCCCC)COP(=O)([O-])OCC[N+](C)(C)C. The number of phosphoric ester groups is 1. The number of hydrogen-bond donors (Lipinski definition) is 0. The maximum atomic E-state index is 12.7. The number of unbranched alkanes of at least 4 members (excludes halogenated alkanes) is 12. The molecule has 0 N–H and O–H groups in total. The van der Waals surface area contributed by atoms with Crippen LogP contribution in [0.5, 0.6) is 0 Å². The van der Waals surface area contributed by atoms with Crippen LogP contribution in [0.2, 0.25) is 0 Å². The molecule has 9 nitrogen and oxygen atoms in total. The standard InChI is InChI=1S/C46H80NO8P/c1-6-8-10-12-14-16-18-20-22-23-25-26-28-30-32-34-36-38-45(48)52-42-44(43-54-56(50,51)53-41-40-47(3,4)5)55-46(49)39-37-35-33-31-29-27-24-21-19-17-15-13-11-9-7-2/h9,11,15,17,20-22,24-26,30,32,44H,6-8,10,12-14,16,18-19,23,27-29,31,33-43H2,1-5H3/b11-9+,17-15+,22-20+,24-21+,26-25+,32-30+/t44-/m1/s1. The number of phosphoric acid groups is 1. The van der Waals surface area contributed by atoms with Crippen molar-refractivity contribution in [3.8, 4) is 0 Å². The molecule has 0 aliphatic carbocycles. The van der Waals surface area contributed by atoms with Crippen LogP contribution in [-0.4, -0.2) is 70.0 Å². The molecule has 0 radical (unpaired) electrons. The summed E-state index contributed by atoms with van der Waals surface area (Å²) >= 11 is 0. The highest BCUT2D eigenvalue weighted by atomic mass is 31.2. The van der Waals surface area contributed by atoms with Gasteiger partial charge in [0.15, 0.2) is 6.10 Å². The molecule has 1 unspecified atom stereocenters. The Morgan fingerprint density at radius 2 is 1.04 bits per heavy atom. The van der Waals surface area contributed by atoms with Gasteiger partial charge in [-0.3, -0.25) is 14.2 Å². The third-order valence-electron chi connectivity index (χ3n) is 8.71. The molecule has 2 atom stereocenters. The molecule has 0 aromatic rings. The number of carbonyl (C=O) groups is 2. The predicted octanol–water partition coefficient (Wildman–Crippen LogP) is 11.6. The van der Waals surface area contributed by atoms with Crippen LogP contribution >= 0.6 is 7.82 Å². The fourth-order valence-electron chi connectivity index (χ4n) is 5.33. The first-order valence-corrected chi connectivity index (χ1v) is 23.1.